The van der Waals surface area contributed by atoms with Gasteiger partial charge in [-0.2, -0.15) is 0 Å². The lowest BCUT2D eigenvalue weighted by atomic mass is 9.81. The molecule has 2 aliphatic carbocycles. The Balaban J connectivity index is 2.18. The molecule has 4 atom stereocenters. The van der Waals surface area contributed by atoms with E-state index >= 15 is 0 Å². The van der Waals surface area contributed by atoms with E-state index in [1.807, 2.05) is 12.2 Å². The quantitative estimate of drug-likeness (QED) is 0.660. The fraction of sp³-hybridized carbons (Fsp3) is 0.600. The minimum Gasteiger partial charge on any atom is -0.481 e. The summed E-state index contributed by atoms with van der Waals surface area (Å²) in [5.41, 5.74) is 0. The molecule has 0 aromatic carbocycles. The molecule has 0 heterocycles. The highest BCUT2D eigenvalue weighted by Gasteiger charge is 2.48. The Hall–Kier alpha value is -1.32. The van der Waals surface area contributed by atoms with Crippen LogP contribution in [0, 0.1) is 23.7 Å². The van der Waals surface area contributed by atoms with Crippen LogP contribution in [0.5, 0.6) is 0 Å². The van der Waals surface area contributed by atoms with E-state index in [9.17, 15) is 9.59 Å². The van der Waals surface area contributed by atoms with Crippen LogP contribution in [0.1, 0.15) is 12.8 Å². The van der Waals surface area contributed by atoms with Crippen LogP contribution in [-0.4, -0.2) is 22.2 Å². The van der Waals surface area contributed by atoms with E-state index in [1.165, 1.54) is 0 Å². The predicted molar refractivity (Wildman–Crippen MR) is 47.6 cm³/mol. The molecule has 4 unspecified atom stereocenters. The summed E-state index contributed by atoms with van der Waals surface area (Å²) in [4.78, 5) is 21.5. The first kappa shape index (κ1) is 9.24. The second-order valence-corrected chi connectivity index (χ2v) is 4.07. The molecule has 1 fully saturated rings. The molecular weight excluding hydrogens is 184 g/mol. The maximum Gasteiger partial charge on any atom is 0.307 e. The number of hydrogen-bond acceptors (Lipinski definition) is 2. The number of carboxylic acids is 2. The molecule has 0 aromatic rings. The molecule has 4 heteroatoms. The number of rotatable bonds is 3. The number of allylic oxidation sites excluding steroid dienone is 2. The summed E-state index contributed by atoms with van der Waals surface area (Å²) in [6, 6.07) is 0. The number of carbonyl (C=O) groups is 2. The van der Waals surface area contributed by atoms with Gasteiger partial charge in [-0.25, -0.2) is 0 Å². The van der Waals surface area contributed by atoms with Crippen LogP contribution < -0.4 is 0 Å². The molecule has 0 amide bonds. The Bertz CT molecular complexity index is 307. The molecule has 0 radical (unpaired) electrons. The number of aliphatic carboxylic acids is 2. The summed E-state index contributed by atoms with van der Waals surface area (Å²) in [7, 11) is 0. The van der Waals surface area contributed by atoms with Gasteiger partial charge in [-0.05, 0) is 24.2 Å². The van der Waals surface area contributed by atoms with Crippen molar-refractivity contribution in [1.29, 1.82) is 0 Å². The number of fused-ring (bicyclic) bond motifs is 2. The zero-order valence-electron chi connectivity index (χ0n) is 7.59. The second kappa shape index (κ2) is 3.12. The highest BCUT2D eigenvalue weighted by Crippen LogP contribution is 2.49. The molecular formula is C10H12O4. The van der Waals surface area contributed by atoms with E-state index in [0.717, 1.165) is 6.42 Å². The minimum absolute atomic E-state index is 0.0253. The Morgan fingerprint density at radius 1 is 1.21 bits per heavy atom. The highest BCUT2D eigenvalue weighted by molar-refractivity contribution is 5.74. The lowest BCUT2D eigenvalue weighted by Crippen LogP contribution is -2.28. The smallest absolute Gasteiger partial charge is 0.307 e. The minimum atomic E-state index is -0.901. The normalized spacial score (nSPS) is 38.9. The summed E-state index contributed by atoms with van der Waals surface area (Å²) in [5.74, 6) is -2.23. The molecule has 0 aliphatic heterocycles. The third-order valence-electron chi connectivity index (χ3n) is 3.32. The van der Waals surface area contributed by atoms with Crippen molar-refractivity contribution in [3.63, 3.8) is 0 Å². The van der Waals surface area contributed by atoms with Crippen molar-refractivity contribution in [2.24, 2.45) is 23.7 Å². The fourth-order valence-corrected chi connectivity index (χ4v) is 2.77. The van der Waals surface area contributed by atoms with Gasteiger partial charge in [-0.15, -0.1) is 0 Å². The van der Waals surface area contributed by atoms with Crippen LogP contribution in [-0.2, 0) is 9.59 Å². The highest BCUT2D eigenvalue weighted by atomic mass is 16.4. The molecule has 4 nitrogen and oxygen atoms in total. The summed E-state index contributed by atoms with van der Waals surface area (Å²) >= 11 is 0. The SMILES string of the molecule is O=C(O)CC1C2C=CC(C2)C1C(=O)O. The van der Waals surface area contributed by atoms with Gasteiger partial charge in [0.15, 0.2) is 0 Å². The Kier molecular flexibility index (Phi) is 2.06. The van der Waals surface area contributed by atoms with Crippen molar-refractivity contribution >= 4 is 11.9 Å². The van der Waals surface area contributed by atoms with E-state index in [1.54, 1.807) is 0 Å². The Morgan fingerprint density at radius 3 is 2.43 bits per heavy atom. The first-order valence-corrected chi connectivity index (χ1v) is 4.72. The van der Waals surface area contributed by atoms with Gasteiger partial charge in [0.2, 0.25) is 0 Å². The standard InChI is InChI=1S/C10H12O4/c11-8(12)4-7-5-1-2-6(3-5)9(7)10(13)14/h1-2,5-7,9H,3-4H2,(H,11,12)(H,13,14). The van der Waals surface area contributed by atoms with E-state index in [-0.39, 0.29) is 24.2 Å². The first-order valence-electron chi connectivity index (χ1n) is 4.72. The van der Waals surface area contributed by atoms with Crippen molar-refractivity contribution in [2.75, 3.05) is 0 Å². The van der Waals surface area contributed by atoms with E-state index in [0.29, 0.717) is 0 Å². The van der Waals surface area contributed by atoms with Crippen LogP contribution >= 0.6 is 0 Å². The van der Waals surface area contributed by atoms with Crippen LogP contribution in [0.4, 0.5) is 0 Å². The summed E-state index contributed by atoms with van der Waals surface area (Å²) in [5, 5.41) is 17.7. The van der Waals surface area contributed by atoms with Crippen LogP contribution in [0.15, 0.2) is 12.2 Å². The zero-order chi connectivity index (χ0) is 10.3. The lowest BCUT2D eigenvalue weighted by Gasteiger charge is -2.22. The maximum absolute atomic E-state index is 11.0. The Labute approximate surface area is 81.2 Å². The molecule has 0 aromatic heterocycles. The molecule has 0 saturated heterocycles. The largest absolute Gasteiger partial charge is 0.481 e. The van der Waals surface area contributed by atoms with E-state index in [2.05, 4.69) is 0 Å². The Morgan fingerprint density at radius 2 is 1.86 bits per heavy atom. The summed E-state index contributed by atoms with van der Waals surface area (Å²) in [6.07, 6.45) is 4.68. The number of hydrogen-bond donors (Lipinski definition) is 2. The first-order chi connectivity index (χ1) is 6.59. The molecule has 2 bridgehead atoms. The predicted octanol–water partition coefficient (Wildman–Crippen LogP) is 0.984. The van der Waals surface area contributed by atoms with E-state index in [4.69, 9.17) is 10.2 Å². The van der Waals surface area contributed by atoms with Crippen LogP contribution in [0.3, 0.4) is 0 Å². The number of carboxylic acid groups (broad SMARTS) is 2. The van der Waals surface area contributed by atoms with Crippen molar-refractivity contribution in [3.05, 3.63) is 12.2 Å². The van der Waals surface area contributed by atoms with Crippen molar-refractivity contribution < 1.29 is 19.8 Å². The third-order valence-corrected chi connectivity index (χ3v) is 3.32. The van der Waals surface area contributed by atoms with Crippen molar-refractivity contribution in [1.82, 2.24) is 0 Å². The van der Waals surface area contributed by atoms with Gasteiger partial charge in [0.25, 0.3) is 0 Å². The topological polar surface area (TPSA) is 74.6 Å². The lowest BCUT2D eigenvalue weighted by molar-refractivity contribution is -0.146. The maximum atomic E-state index is 11.0. The van der Waals surface area contributed by atoms with Crippen LogP contribution in [0.2, 0.25) is 0 Å². The molecule has 2 rings (SSSR count). The molecule has 2 aliphatic rings. The van der Waals surface area contributed by atoms with Gasteiger partial charge in [0.05, 0.1) is 5.92 Å². The third kappa shape index (κ3) is 1.31. The average Bonchev–Trinajstić information content (AvgIpc) is 2.61. The molecule has 1 saturated carbocycles. The molecule has 14 heavy (non-hydrogen) atoms. The second-order valence-electron chi connectivity index (χ2n) is 4.07. The van der Waals surface area contributed by atoms with Crippen LogP contribution in [0.25, 0.3) is 0 Å². The van der Waals surface area contributed by atoms with Gasteiger partial charge in [0.1, 0.15) is 0 Å². The summed E-state index contributed by atoms with van der Waals surface area (Å²) in [6.45, 7) is 0. The van der Waals surface area contributed by atoms with Crippen molar-refractivity contribution in [2.45, 2.75) is 12.8 Å². The van der Waals surface area contributed by atoms with Crippen molar-refractivity contribution in [3.8, 4) is 0 Å². The van der Waals surface area contributed by atoms with E-state index < -0.39 is 17.9 Å². The zero-order valence-corrected chi connectivity index (χ0v) is 7.59. The molecule has 2 N–H and O–H groups in total. The molecule has 76 valence electrons. The average molecular weight is 196 g/mol. The summed E-state index contributed by atoms with van der Waals surface area (Å²) < 4.78 is 0. The van der Waals surface area contributed by atoms with Gasteiger partial charge in [-0.3, -0.25) is 9.59 Å². The van der Waals surface area contributed by atoms with Gasteiger partial charge >= 0.3 is 11.9 Å². The fourth-order valence-electron chi connectivity index (χ4n) is 2.77. The van der Waals surface area contributed by atoms with Gasteiger partial charge in [-0.1, -0.05) is 12.2 Å². The molecule has 0 spiro atoms. The van der Waals surface area contributed by atoms with Gasteiger partial charge in [0, 0.05) is 6.42 Å². The van der Waals surface area contributed by atoms with Gasteiger partial charge < -0.3 is 10.2 Å². The monoisotopic (exact) mass is 196 g/mol.